The number of carbonyl (C=O) groups is 1. The topological polar surface area (TPSA) is 29.1 Å². The molecule has 2 nitrogen and oxygen atoms in total. The number of rotatable bonds is 2. The van der Waals surface area contributed by atoms with Crippen LogP contribution in [0.4, 0.5) is 0 Å². The highest BCUT2D eigenvalue weighted by atomic mass is 16.1. The average molecular weight is 155 g/mol. The van der Waals surface area contributed by atoms with E-state index in [1.165, 1.54) is 12.8 Å². The third-order valence-electron chi connectivity index (χ3n) is 2.33. The monoisotopic (exact) mass is 155 g/mol. The van der Waals surface area contributed by atoms with Gasteiger partial charge in [-0.1, -0.05) is 6.42 Å². The van der Waals surface area contributed by atoms with E-state index in [1.54, 1.807) is 0 Å². The molecule has 0 radical (unpaired) electrons. The lowest BCUT2D eigenvalue weighted by molar-refractivity contribution is -0.119. The number of ketones is 1. The number of carbonyl (C=O) groups excluding carboxylic acids is 1. The van der Waals surface area contributed by atoms with E-state index in [2.05, 4.69) is 5.32 Å². The summed E-state index contributed by atoms with van der Waals surface area (Å²) >= 11 is 0. The summed E-state index contributed by atoms with van der Waals surface area (Å²) in [5.74, 6) is 1.07. The molecule has 0 bridgehead atoms. The van der Waals surface area contributed by atoms with Crippen LogP contribution in [0.3, 0.4) is 0 Å². The summed E-state index contributed by atoms with van der Waals surface area (Å²) < 4.78 is 0. The van der Waals surface area contributed by atoms with Gasteiger partial charge in [0.05, 0.1) is 0 Å². The third kappa shape index (κ3) is 3.02. The smallest absolute Gasteiger partial charge is 0.133 e. The second-order valence-corrected chi connectivity index (χ2v) is 3.41. The Bertz CT molecular complexity index is 134. The Hall–Kier alpha value is -0.370. The molecule has 1 unspecified atom stereocenters. The Morgan fingerprint density at radius 1 is 1.55 bits per heavy atom. The van der Waals surface area contributed by atoms with Gasteiger partial charge in [0.15, 0.2) is 0 Å². The molecule has 0 aromatic heterocycles. The van der Waals surface area contributed by atoms with Gasteiger partial charge in [-0.05, 0) is 32.4 Å². The van der Waals surface area contributed by atoms with E-state index in [1.807, 2.05) is 7.05 Å². The maximum atomic E-state index is 11.1. The Balaban J connectivity index is 2.33. The van der Waals surface area contributed by atoms with Gasteiger partial charge in [0.1, 0.15) is 5.78 Å². The van der Waals surface area contributed by atoms with Crippen LogP contribution in [-0.4, -0.2) is 19.4 Å². The maximum Gasteiger partial charge on any atom is 0.133 e. The molecule has 0 aliphatic heterocycles. The second-order valence-electron chi connectivity index (χ2n) is 3.41. The first-order valence-electron chi connectivity index (χ1n) is 4.49. The number of hydrogen-bond donors (Lipinski definition) is 1. The van der Waals surface area contributed by atoms with E-state index in [-0.39, 0.29) is 0 Å². The molecule has 2 heteroatoms. The minimum Gasteiger partial charge on any atom is -0.319 e. The highest BCUT2D eigenvalue weighted by molar-refractivity contribution is 5.78. The second kappa shape index (κ2) is 4.50. The van der Waals surface area contributed by atoms with Crippen LogP contribution >= 0.6 is 0 Å². The molecule has 1 aliphatic carbocycles. The first kappa shape index (κ1) is 8.72. The van der Waals surface area contributed by atoms with Crippen molar-refractivity contribution in [2.45, 2.75) is 32.1 Å². The average Bonchev–Trinajstić information content (AvgIpc) is 2.15. The van der Waals surface area contributed by atoms with Crippen molar-refractivity contribution < 1.29 is 4.79 Å². The van der Waals surface area contributed by atoms with Crippen molar-refractivity contribution in [2.75, 3.05) is 13.6 Å². The molecule has 1 saturated carbocycles. The molecule has 0 spiro atoms. The third-order valence-corrected chi connectivity index (χ3v) is 2.33. The molecule has 1 fully saturated rings. The molecule has 11 heavy (non-hydrogen) atoms. The van der Waals surface area contributed by atoms with E-state index in [0.717, 1.165) is 25.8 Å². The Morgan fingerprint density at radius 2 is 2.36 bits per heavy atom. The fraction of sp³-hybridized carbons (Fsp3) is 0.889. The highest BCUT2D eigenvalue weighted by Gasteiger charge is 2.16. The van der Waals surface area contributed by atoms with Gasteiger partial charge in [0.25, 0.3) is 0 Å². The molecule has 0 aromatic rings. The SMILES string of the molecule is CNCC1CCCCC(=O)C1. The molecule has 1 rings (SSSR count). The molecule has 0 saturated heterocycles. The molecular weight excluding hydrogens is 138 g/mol. The van der Waals surface area contributed by atoms with Gasteiger partial charge in [-0.15, -0.1) is 0 Å². The van der Waals surface area contributed by atoms with Gasteiger partial charge >= 0.3 is 0 Å². The summed E-state index contributed by atoms with van der Waals surface area (Å²) in [5, 5.41) is 3.13. The predicted octanol–water partition coefficient (Wildman–Crippen LogP) is 1.36. The number of hydrogen-bond acceptors (Lipinski definition) is 2. The quantitative estimate of drug-likeness (QED) is 0.610. The van der Waals surface area contributed by atoms with Crippen LogP contribution < -0.4 is 5.32 Å². The van der Waals surface area contributed by atoms with Crippen LogP contribution in [0.15, 0.2) is 0 Å². The molecular formula is C9H17NO. The largest absolute Gasteiger partial charge is 0.319 e. The summed E-state index contributed by atoms with van der Waals surface area (Å²) in [6.07, 6.45) is 5.20. The predicted molar refractivity (Wildman–Crippen MR) is 45.5 cm³/mol. The maximum absolute atomic E-state index is 11.1. The summed E-state index contributed by atoms with van der Waals surface area (Å²) in [6.45, 7) is 1.01. The van der Waals surface area contributed by atoms with Crippen molar-refractivity contribution in [1.29, 1.82) is 0 Å². The summed E-state index contributed by atoms with van der Waals surface area (Å²) in [6, 6.07) is 0. The Kier molecular flexibility index (Phi) is 3.57. The fourth-order valence-corrected chi connectivity index (χ4v) is 1.74. The molecule has 0 amide bonds. The van der Waals surface area contributed by atoms with E-state index >= 15 is 0 Å². The summed E-state index contributed by atoms with van der Waals surface area (Å²) in [4.78, 5) is 11.1. The van der Waals surface area contributed by atoms with Crippen LogP contribution in [0.5, 0.6) is 0 Å². The molecule has 1 atom stereocenters. The normalized spacial score (nSPS) is 26.6. The van der Waals surface area contributed by atoms with Crippen LogP contribution in [-0.2, 0) is 4.79 Å². The zero-order chi connectivity index (χ0) is 8.10. The molecule has 0 aromatic carbocycles. The van der Waals surface area contributed by atoms with Gasteiger partial charge in [-0.25, -0.2) is 0 Å². The lowest BCUT2D eigenvalue weighted by Gasteiger charge is -2.11. The van der Waals surface area contributed by atoms with E-state index in [9.17, 15) is 4.79 Å². The van der Waals surface area contributed by atoms with Crippen molar-refractivity contribution in [2.24, 2.45) is 5.92 Å². The van der Waals surface area contributed by atoms with E-state index in [4.69, 9.17) is 0 Å². The van der Waals surface area contributed by atoms with Crippen molar-refractivity contribution in [1.82, 2.24) is 5.32 Å². The lowest BCUT2D eigenvalue weighted by Crippen LogP contribution is -2.20. The van der Waals surface area contributed by atoms with Gasteiger partial charge in [0, 0.05) is 12.8 Å². The minimum atomic E-state index is 0.461. The minimum absolute atomic E-state index is 0.461. The van der Waals surface area contributed by atoms with Crippen molar-refractivity contribution in [3.05, 3.63) is 0 Å². The lowest BCUT2D eigenvalue weighted by atomic mass is 10.0. The molecule has 64 valence electrons. The van der Waals surface area contributed by atoms with Crippen LogP contribution in [0.1, 0.15) is 32.1 Å². The van der Waals surface area contributed by atoms with Crippen molar-refractivity contribution in [3.63, 3.8) is 0 Å². The van der Waals surface area contributed by atoms with Crippen molar-refractivity contribution in [3.8, 4) is 0 Å². The zero-order valence-corrected chi connectivity index (χ0v) is 7.23. The van der Waals surface area contributed by atoms with Crippen molar-refractivity contribution >= 4 is 5.78 Å². The fourth-order valence-electron chi connectivity index (χ4n) is 1.74. The Labute approximate surface area is 68.4 Å². The summed E-state index contributed by atoms with van der Waals surface area (Å²) in [5.41, 5.74) is 0. The van der Waals surface area contributed by atoms with Crippen LogP contribution in [0, 0.1) is 5.92 Å². The summed E-state index contributed by atoms with van der Waals surface area (Å²) in [7, 11) is 1.95. The van der Waals surface area contributed by atoms with Gasteiger partial charge in [0.2, 0.25) is 0 Å². The number of Topliss-reactive ketones (excluding diaryl/α,β-unsaturated/α-hetero) is 1. The van der Waals surface area contributed by atoms with E-state index in [0.29, 0.717) is 11.7 Å². The highest BCUT2D eigenvalue weighted by Crippen LogP contribution is 2.19. The number of nitrogens with one attached hydrogen (secondary N) is 1. The Morgan fingerprint density at radius 3 is 3.09 bits per heavy atom. The first-order valence-corrected chi connectivity index (χ1v) is 4.49. The van der Waals surface area contributed by atoms with E-state index < -0.39 is 0 Å². The van der Waals surface area contributed by atoms with Crippen LogP contribution in [0.25, 0.3) is 0 Å². The molecule has 1 N–H and O–H groups in total. The van der Waals surface area contributed by atoms with Gasteiger partial charge in [-0.3, -0.25) is 4.79 Å². The molecule has 1 aliphatic rings. The van der Waals surface area contributed by atoms with Crippen LogP contribution in [0.2, 0.25) is 0 Å². The molecule has 0 heterocycles. The van der Waals surface area contributed by atoms with Gasteiger partial charge < -0.3 is 5.32 Å². The standard InChI is InChI=1S/C9H17NO/c1-10-7-8-4-2-3-5-9(11)6-8/h8,10H,2-7H2,1H3. The van der Waals surface area contributed by atoms with Gasteiger partial charge in [-0.2, -0.15) is 0 Å². The first-order chi connectivity index (χ1) is 5.33. The zero-order valence-electron chi connectivity index (χ0n) is 7.23.